The van der Waals surface area contributed by atoms with Crippen LogP contribution in [0.15, 0.2) is 77.7 Å². The van der Waals surface area contributed by atoms with Crippen molar-refractivity contribution in [2.24, 2.45) is 0 Å². The molecule has 32 heavy (non-hydrogen) atoms. The fourth-order valence-corrected chi connectivity index (χ4v) is 5.11. The van der Waals surface area contributed by atoms with Crippen LogP contribution < -0.4 is 9.62 Å². The number of carbonyl (C=O) groups is 1. The molecule has 1 N–H and O–H groups in total. The van der Waals surface area contributed by atoms with Crippen LogP contribution >= 0.6 is 11.6 Å². The van der Waals surface area contributed by atoms with Crippen molar-refractivity contribution in [3.05, 3.63) is 94.5 Å². The molecule has 1 atom stereocenters. The molecule has 0 saturated heterocycles. The number of benzene rings is 3. The lowest BCUT2D eigenvalue weighted by molar-refractivity contribution is -0.120. The first-order valence-corrected chi connectivity index (χ1v) is 12.2. The van der Waals surface area contributed by atoms with Crippen molar-refractivity contribution in [2.45, 2.75) is 38.1 Å². The van der Waals surface area contributed by atoms with E-state index in [1.807, 2.05) is 44.2 Å². The Balaban J connectivity index is 1.96. The molecular formula is C25H27ClN2O3S. The van der Waals surface area contributed by atoms with Crippen LogP contribution in [-0.4, -0.2) is 20.9 Å². The molecular weight excluding hydrogens is 444 g/mol. The summed E-state index contributed by atoms with van der Waals surface area (Å²) in [6, 6.07) is 21.0. The molecule has 0 aromatic heterocycles. The zero-order chi connectivity index (χ0) is 23.3. The van der Waals surface area contributed by atoms with Crippen LogP contribution in [0.2, 0.25) is 5.02 Å². The maximum Gasteiger partial charge on any atom is 0.264 e. The van der Waals surface area contributed by atoms with Gasteiger partial charge in [-0.2, -0.15) is 0 Å². The van der Waals surface area contributed by atoms with Crippen LogP contribution in [0.25, 0.3) is 0 Å². The number of carbonyl (C=O) groups excluding carboxylic acids is 1. The first-order valence-electron chi connectivity index (χ1n) is 10.4. The van der Waals surface area contributed by atoms with Gasteiger partial charge in [-0.15, -0.1) is 0 Å². The molecule has 0 saturated carbocycles. The molecule has 3 aromatic carbocycles. The van der Waals surface area contributed by atoms with E-state index in [9.17, 15) is 13.2 Å². The fraction of sp³-hybridized carbons (Fsp3) is 0.240. The van der Waals surface area contributed by atoms with E-state index in [-0.39, 0.29) is 17.5 Å². The maximum atomic E-state index is 13.6. The average molecular weight is 471 g/mol. The summed E-state index contributed by atoms with van der Waals surface area (Å²) in [5, 5.41) is 3.37. The van der Waals surface area contributed by atoms with Gasteiger partial charge in [0, 0.05) is 5.02 Å². The van der Waals surface area contributed by atoms with E-state index in [0.717, 1.165) is 15.4 Å². The van der Waals surface area contributed by atoms with Gasteiger partial charge in [-0.05, 0) is 55.7 Å². The SMILES string of the molecule is CC[C@@H](NC(=O)CN(c1cc(Cl)ccc1C)S(=O)(=O)c1ccc(C)cc1)c1ccccc1. The second-order valence-corrected chi connectivity index (χ2v) is 9.99. The third kappa shape index (κ3) is 5.50. The minimum atomic E-state index is -4.00. The summed E-state index contributed by atoms with van der Waals surface area (Å²) in [5.41, 5.74) is 2.99. The third-order valence-corrected chi connectivity index (χ3v) is 7.29. The summed E-state index contributed by atoms with van der Waals surface area (Å²) in [5.74, 6) is -0.393. The van der Waals surface area contributed by atoms with Crippen molar-refractivity contribution in [1.29, 1.82) is 0 Å². The second-order valence-electron chi connectivity index (χ2n) is 7.69. The number of nitrogens with zero attached hydrogens (tertiary/aromatic N) is 1. The summed E-state index contributed by atoms with van der Waals surface area (Å²) < 4.78 is 28.3. The maximum absolute atomic E-state index is 13.6. The molecule has 5 nitrogen and oxygen atoms in total. The van der Waals surface area contributed by atoms with Crippen LogP contribution in [0.1, 0.15) is 36.1 Å². The highest BCUT2D eigenvalue weighted by molar-refractivity contribution is 7.92. The van der Waals surface area contributed by atoms with E-state index in [2.05, 4.69) is 5.32 Å². The van der Waals surface area contributed by atoms with E-state index in [1.165, 1.54) is 0 Å². The molecule has 0 aliphatic heterocycles. The smallest absolute Gasteiger partial charge is 0.264 e. The molecule has 7 heteroatoms. The number of rotatable bonds is 8. The van der Waals surface area contributed by atoms with Crippen LogP contribution in [-0.2, 0) is 14.8 Å². The van der Waals surface area contributed by atoms with Crippen LogP contribution in [0.3, 0.4) is 0 Å². The van der Waals surface area contributed by atoms with Crippen molar-refractivity contribution in [3.8, 4) is 0 Å². The molecule has 0 aliphatic carbocycles. The number of hydrogen-bond acceptors (Lipinski definition) is 3. The summed E-state index contributed by atoms with van der Waals surface area (Å²) in [4.78, 5) is 13.2. The number of anilines is 1. The number of hydrogen-bond donors (Lipinski definition) is 1. The summed E-state index contributed by atoms with van der Waals surface area (Å²) in [6.07, 6.45) is 0.677. The molecule has 0 radical (unpaired) electrons. The number of sulfonamides is 1. The number of halogens is 1. The second kappa shape index (κ2) is 10.2. The highest BCUT2D eigenvalue weighted by Gasteiger charge is 2.29. The van der Waals surface area contributed by atoms with Crippen LogP contribution in [0, 0.1) is 13.8 Å². The predicted molar refractivity (Wildman–Crippen MR) is 130 cm³/mol. The summed E-state index contributed by atoms with van der Waals surface area (Å²) in [6.45, 7) is 5.29. The molecule has 3 aromatic rings. The van der Waals surface area contributed by atoms with Gasteiger partial charge in [0.25, 0.3) is 10.0 Å². The van der Waals surface area contributed by atoms with E-state index in [1.54, 1.807) is 49.4 Å². The van der Waals surface area contributed by atoms with Crippen molar-refractivity contribution < 1.29 is 13.2 Å². The Kier molecular flexibility index (Phi) is 7.59. The minimum Gasteiger partial charge on any atom is -0.348 e. The zero-order valence-electron chi connectivity index (χ0n) is 18.4. The van der Waals surface area contributed by atoms with E-state index in [0.29, 0.717) is 22.7 Å². The van der Waals surface area contributed by atoms with Gasteiger partial charge in [0.15, 0.2) is 0 Å². The van der Waals surface area contributed by atoms with E-state index < -0.39 is 15.9 Å². The van der Waals surface area contributed by atoms with Gasteiger partial charge < -0.3 is 5.32 Å². The van der Waals surface area contributed by atoms with E-state index >= 15 is 0 Å². The lowest BCUT2D eigenvalue weighted by Crippen LogP contribution is -2.42. The Morgan fingerprint density at radius 1 is 1.00 bits per heavy atom. The first-order chi connectivity index (χ1) is 15.2. The topological polar surface area (TPSA) is 66.5 Å². The first kappa shape index (κ1) is 23.8. The zero-order valence-corrected chi connectivity index (χ0v) is 20.0. The van der Waals surface area contributed by atoms with Gasteiger partial charge in [0.2, 0.25) is 5.91 Å². The Hall–Kier alpha value is -2.83. The molecule has 168 valence electrons. The average Bonchev–Trinajstić information content (AvgIpc) is 2.78. The highest BCUT2D eigenvalue weighted by Crippen LogP contribution is 2.29. The van der Waals surface area contributed by atoms with Crippen molar-refractivity contribution in [1.82, 2.24) is 5.32 Å². The molecule has 0 aliphatic rings. The number of aryl methyl sites for hydroxylation is 2. The van der Waals surface area contributed by atoms with Gasteiger partial charge >= 0.3 is 0 Å². The third-order valence-electron chi connectivity index (χ3n) is 5.28. The van der Waals surface area contributed by atoms with Crippen molar-refractivity contribution in [2.75, 3.05) is 10.8 Å². The molecule has 3 rings (SSSR count). The Morgan fingerprint density at radius 2 is 1.66 bits per heavy atom. The number of nitrogens with one attached hydrogen (secondary N) is 1. The van der Waals surface area contributed by atoms with Gasteiger partial charge in [-0.3, -0.25) is 9.10 Å². The Morgan fingerprint density at radius 3 is 2.28 bits per heavy atom. The fourth-order valence-electron chi connectivity index (χ4n) is 3.47. The van der Waals surface area contributed by atoms with Crippen molar-refractivity contribution in [3.63, 3.8) is 0 Å². The van der Waals surface area contributed by atoms with Gasteiger partial charge in [0.1, 0.15) is 6.54 Å². The van der Waals surface area contributed by atoms with Gasteiger partial charge in [-0.25, -0.2) is 8.42 Å². The predicted octanol–water partition coefficient (Wildman–Crippen LogP) is 5.42. The molecule has 1 amide bonds. The normalized spacial score (nSPS) is 12.2. The minimum absolute atomic E-state index is 0.116. The van der Waals surface area contributed by atoms with Crippen LogP contribution in [0.4, 0.5) is 5.69 Å². The van der Waals surface area contributed by atoms with Crippen LogP contribution in [0.5, 0.6) is 0 Å². The molecule has 0 bridgehead atoms. The van der Waals surface area contributed by atoms with Gasteiger partial charge in [-0.1, -0.05) is 72.6 Å². The lowest BCUT2D eigenvalue weighted by atomic mass is 10.0. The quantitative estimate of drug-likeness (QED) is 0.478. The van der Waals surface area contributed by atoms with E-state index in [4.69, 9.17) is 11.6 Å². The molecule has 0 unspecified atom stereocenters. The standard InChI is InChI=1S/C25H27ClN2O3S/c1-4-23(20-8-6-5-7-9-20)27-25(29)17-28(24-16-21(26)13-12-19(24)3)32(30,31)22-14-10-18(2)11-15-22/h5-16,23H,4,17H2,1-3H3,(H,27,29)/t23-/m1/s1. The largest absolute Gasteiger partial charge is 0.348 e. The summed E-state index contributed by atoms with van der Waals surface area (Å²) in [7, 11) is -4.00. The molecule has 0 heterocycles. The number of amides is 1. The molecule has 0 spiro atoms. The highest BCUT2D eigenvalue weighted by atomic mass is 35.5. The summed E-state index contributed by atoms with van der Waals surface area (Å²) >= 11 is 6.18. The Labute approximate surface area is 195 Å². The van der Waals surface area contributed by atoms with Gasteiger partial charge in [0.05, 0.1) is 16.6 Å². The Bertz CT molecular complexity index is 1180. The van der Waals surface area contributed by atoms with Crippen molar-refractivity contribution >= 4 is 33.2 Å². The molecule has 0 fully saturated rings. The lowest BCUT2D eigenvalue weighted by Gasteiger charge is -2.27. The monoisotopic (exact) mass is 470 g/mol.